The van der Waals surface area contributed by atoms with Gasteiger partial charge in [0.05, 0.1) is 6.54 Å². The summed E-state index contributed by atoms with van der Waals surface area (Å²) in [6.45, 7) is 11.8. The predicted molar refractivity (Wildman–Crippen MR) is 65.8 cm³/mol. The number of carbonyl (C=O) groups is 2. The first-order valence-electron chi connectivity index (χ1n) is 4.87. The van der Waals surface area contributed by atoms with E-state index in [2.05, 4.69) is 18.1 Å². The summed E-state index contributed by atoms with van der Waals surface area (Å²) in [4.78, 5) is 29.2. The Hall–Kier alpha value is -1.10. The first-order valence-corrected chi connectivity index (χ1v) is 7.99. The van der Waals surface area contributed by atoms with Crippen LogP contribution in [0.1, 0.15) is 13.3 Å². The van der Waals surface area contributed by atoms with Gasteiger partial charge in [-0.3, -0.25) is 0 Å². The van der Waals surface area contributed by atoms with E-state index in [1.165, 1.54) is 6.08 Å². The molecule has 6 heteroatoms. The smallest absolute Gasteiger partial charge is 0.234 e. The Bertz CT molecular complexity index is 191. The summed E-state index contributed by atoms with van der Waals surface area (Å²) in [7, 11) is -1.44. The summed E-state index contributed by atoms with van der Waals surface area (Å²) in [6.07, 6.45) is 2.47. The Morgan fingerprint density at radius 2 is 1.75 bits per heavy atom. The lowest BCUT2D eigenvalue weighted by atomic mass is 10.5. The van der Waals surface area contributed by atoms with Crippen LogP contribution in [0.25, 0.3) is 0 Å². The van der Waals surface area contributed by atoms with Crippen LogP contribution < -0.4 is 0 Å². The molecule has 0 spiro atoms. The maximum atomic E-state index is 9.74. The molecule has 0 fully saturated rings. The van der Waals surface area contributed by atoms with E-state index in [1.807, 2.05) is 20.5 Å². The van der Waals surface area contributed by atoms with E-state index < -0.39 is 8.32 Å². The molecule has 0 aliphatic heterocycles. The van der Waals surface area contributed by atoms with Crippen molar-refractivity contribution in [2.75, 3.05) is 13.2 Å². The lowest BCUT2D eigenvalue weighted by Crippen LogP contribution is -2.30. The molecule has 0 bridgehead atoms. The highest BCUT2D eigenvalue weighted by molar-refractivity contribution is 6.71. The number of carbonyl (C=O) groups excluding carboxylic acids is 3. The van der Waals surface area contributed by atoms with Crippen molar-refractivity contribution in [3.05, 3.63) is 0 Å². The molecule has 0 heterocycles. The molecule has 0 atom stereocenters. The number of rotatable bonds is 6. The fraction of sp³-hybridized carbons (Fsp3) is 0.700. The number of aliphatic imine (C=N–C) groups is 1. The topological polar surface area (TPSA) is 72.8 Å². The lowest BCUT2D eigenvalue weighted by Gasteiger charge is -2.20. The van der Waals surface area contributed by atoms with E-state index in [-0.39, 0.29) is 0 Å². The van der Waals surface area contributed by atoms with Gasteiger partial charge in [0.1, 0.15) is 13.6 Å². The van der Waals surface area contributed by atoms with Crippen LogP contribution in [0, 0.1) is 0 Å². The highest BCUT2D eigenvalue weighted by Gasteiger charge is 2.20. The molecule has 0 amide bonds. The Balaban J connectivity index is -0.000000376. The predicted octanol–water partition coefficient (Wildman–Crippen LogP) is 1.58. The summed E-state index contributed by atoms with van der Waals surface area (Å²) in [5.41, 5.74) is 0. The molecule has 0 rings (SSSR count). The van der Waals surface area contributed by atoms with Gasteiger partial charge in [0.25, 0.3) is 0 Å². The summed E-state index contributed by atoms with van der Waals surface area (Å²) in [5.74, 6) is 0. The monoisotopic (exact) mass is 247 g/mol. The maximum absolute atomic E-state index is 9.74. The third-order valence-corrected chi connectivity index (χ3v) is 4.28. The lowest BCUT2D eigenvalue weighted by molar-refractivity contribution is -0.0987. The first-order chi connectivity index (χ1) is 7.62. The van der Waals surface area contributed by atoms with Crippen LogP contribution in [-0.2, 0) is 18.8 Å². The van der Waals surface area contributed by atoms with E-state index in [1.54, 1.807) is 0 Å². The van der Waals surface area contributed by atoms with E-state index in [4.69, 9.17) is 14.0 Å². The van der Waals surface area contributed by atoms with Crippen molar-refractivity contribution in [3.63, 3.8) is 0 Å². The van der Waals surface area contributed by atoms with Gasteiger partial charge in [-0.05, 0) is 32.5 Å². The minimum atomic E-state index is -1.44. The molecule has 0 aromatic carbocycles. The second-order valence-corrected chi connectivity index (χ2v) is 7.58. The second kappa shape index (κ2) is 16.3. The van der Waals surface area contributed by atoms with Gasteiger partial charge in [-0.15, -0.1) is 0 Å². The third-order valence-electron chi connectivity index (χ3n) is 1.65. The minimum Gasteiger partial charge on any atom is -0.418 e. The standard InChI is InChI=1S/C8H17NO2Si.2CH2O/c1-4-11-12(2,3)7-5-6-9-8-10;2*1-2/h4-7H2,1-3H3;2*1H2. The Labute approximate surface area is 98.0 Å². The molecular weight excluding hydrogens is 226 g/mol. The van der Waals surface area contributed by atoms with E-state index in [0.717, 1.165) is 19.1 Å². The highest BCUT2D eigenvalue weighted by atomic mass is 28.4. The average Bonchev–Trinajstić information content (AvgIpc) is 2.30. The fourth-order valence-corrected chi connectivity index (χ4v) is 3.03. The number of isocyanates is 1. The van der Waals surface area contributed by atoms with Crippen LogP contribution >= 0.6 is 0 Å². The quantitative estimate of drug-likeness (QED) is 0.309. The van der Waals surface area contributed by atoms with Crippen molar-refractivity contribution in [1.29, 1.82) is 0 Å². The molecule has 0 aromatic rings. The molecule has 5 nitrogen and oxygen atoms in total. The van der Waals surface area contributed by atoms with Crippen LogP contribution in [0.15, 0.2) is 4.99 Å². The fourth-order valence-electron chi connectivity index (χ4n) is 1.09. The normalized spacial score (nSPS) is 8.69. The van der Waals surface area contributed by atoms with Gasteiger partial charge in [-0.25, -0.2) is 9.79 Å². The number of nitrogens with zero attached hydrogens (tertiary/aromatic N) is 1. The molecule has 0 aromatic heterocycles. The summed E-state index contributed by atoms with van der Waals surface area (Å²) in [6, 6.07) is 1.06. The van der Waals surface area contributed by atoms with Gasteiger partial charge in [-0.2, -0.15) is 0 Å². The Morgan fingerprint density at radius 3 is 2.12 bits per heavy atom. The van der Waals surface area contributed by atoms with Gasteiger partial charge in [0.15, 0.2) is 8.32 Å². The van der Waals surface area contributed by atoms with Gasteiger partial charge >= 0.3 is 0 Å². The maximum Gasteiger partial charge on any atom is 0.234 e. The highest BCUT2D eigenvalue weighted by Crippen LogP contribution is 2.12. The molecule has 0 N–H and O–H groups in total. The SMILES string of the molecule is C=O.C=O.CCO[Si](C)(C)CCCN=C=O. The molecule has 94 valence electrons. The van der Waals surface area contributed by atoms with Crippen molar-refractivity contribution in [1.82, 2.24) is 0 Å². The summed E-state index contributed by atoms with van der Waals surface area (Å²) in [5, 5.41) is 0. The molecular formula is C10H21NO4Si. The molecule has 0 unspecified atom stereocenters. The van der Waals surface area contributed by atoms with Crippen LogP contribution in [0.3, 0.4) is 0 Å². The molecule has 0 saturated heterocycles. The van der Waals surface area contributed by atoms with Crippen LogP contribution in [0.5, 0.6) is 0 Å². The van der Waals surface area contributed by atoms with E-state index in [0.29, 0.717) is 6.54 Å². The third kappa shape index (κ3) is 18.6. The zero-order valence-corrected chi connectivity index (χ0v) is 11.3. The van der Waals surface area contributed by atoms with Gasteiger partial charge in [-0.1, -0.05) is 0 Å². The Kier molecular flexibility index (Phi) is 20.7. The van der Waals surface area contributed by atoms with Crippen LogP contribution in [-0.4, -0.2) is 41.1 Å². The van der Waals surface area contributed by atoms with Crippen molar-refractivity contribution in [2.45, 2.75) is 32.5 Å². The number of hydrogen-bond acceptors (Lipinski definition) is 5. The van der Waals surface area contributed by atoms with E-state index >= 15 is 0 Å². The summed E-state index contributed by atoms with van der Waals surface area (Å²) < 4.78 is 5.61. The Morgan fingerprint density at radius 1 is 1.25 bits per heavy atom. The first kappa shape index (κ1) is 20.3. The second-order valence-electron chi connectivity index (χ2n) is 3.27. The minimum absolute atomic E-state index is 0.590. The van der Waals surface area contributed by atoms with Crippen molar-refractivity contribution in [2.24, 2.45) is 4.99 Å². The van der Waals surface area contributed by atoms with Gasteiger partial charge in [0, 0.05) is 6.61 Å². The van der Waals surface area contributed by atoms with Crippen LogP contribution in [0.2, 0.25) is 19.1 Å². The molecule has 0 saturated carbocycles. The van der Waals surface area contributed by atoms with Crippen molar-refractivity contribution >= 4 is 28.0 Å². The zero-order chi connectivity index (χ0) is 13.4. The van der Waals surface area contributed by atoms with E-state index in [9.17, 15) is 4.79 Å². The molecule has 0 aliphatic carbocycles. The largest absolute Gasteiger partial charge is 0.418 e. The van der Waals surface area contributed by atoms with Gasteiger partial charge < -0.3 is 14.0 Å². The van der Waals surface area contributed by atoms with Gasteiger partial charge in [0.2, 0.25) is 6.08 Å². The number of hydrogen-bond donors (Lipinski definition) is 0. The molecule has 0 aliphatic rings. The molecule has 0 radical (unpaired) electrons. The summed E-state index contributed by atoms with van der Waals surface area (Å²) >= 11 is 0. The average molecular weight is 247 g/mol. The van der Waals surface area contributed by atoms with Crippen molar-refractivity contribution in [3.8, 4) is 0 Å². The van der Waals surface area contributed by atoms with Crippen LogP contribution in [0.4, 0.5) is 0 Å². The molecule has 16 heavy (non-hydrogen) atoms. The zero-order valence-electron chi connectivity index (χ0n) is 10.3. The van der Waals surface area contributed by atoms with Crippen molar-refractivity contribution < 1.29 is 18.8 Å².